The van der Waals surface area contributed by atoms with Crippen LogP contribution < -0.4 is 5.43 Å². The molecular weight excluding hydrogens is 372 g/mol. The lowest BCUT2D eigenvalue weighted by molar-refractivity contribution is -0.384. The van der Waals surface area contributed by atoms with Gasteiger partial charge in [-0.2, -0.15) is 5.10 Å². The Morgan fingerprint density at radius 2 is 2.04 bits per heavy atom. The van der Waals surface area contributed by atoms with Gasteiger partial charge in [0.15, 0.2) is 0 Å². The maximum atomic E-state index is 10.9. The van der Waals surface area contributed by atoms with E-state index in [0.717, 1.165) is 11.3 Å². The second-order valence-electron chi connectivity index (χ2n) is 5.67. The van der Waals surface area contributed by atoms with Crippen LogP contribution in [-0.2, 0) is 0 Å². The predicted molar refractivity (Wildman–Crippen MR) is 106 cm³/mol. The van der Waals surface area contributed by atoms with Gasteiger partial charge < -0.3 is 0 Å². The van der Waals surface area contributed by atoms with Gasteiger partial charge in [0, 0.05) is 22.6 Å². The Balaban J connectivity index is 1.72. The average Bonchev–Trinajstić information content (AvgIpc) is 3.07. The van der Waals surface area contributed by atoms with Crippen LogP contribution in [-0.4, -0.2) is 16.1 Å². The summed E-state index contributed by atoms with van der Waals surface area (Å²) in [5, 5.41) is 17.7. The minimum absolute atomic E-state index is 0.0954. The zero-order valence-corrected chi connectivity index (χ0v) is 15.6. The highest BCUT2D eigenvalue weighted by Crippen LogP contribution is 2.27. The quantitative estimate of drug-likeness (QED) is 0.360. The summed E-state index contributed by atoms with van der Waals surface area (Å²) in [5.74, 6) is 0. The molecular formula is C18H15ClN4O2S. The van der Waals surface area contributed by atoms with Crippen molar-refractivity contribution in [2.45, 2.75) is 13.8 Å². The molecule has 0 unspecified atom stereocenters. The predicted octanol–water partition coefficient (Wildman–Crippen LogP) is 5.43. The second kappa shape index (κ2) is 7.63. The molecule has 0 atom stereocenters. The van der Waals surface area contributed by atoms with Gasteiger partial charge in [0.05, 0.1) is 16.8 Å². The normalized spacial score (nSPS) is 11.0. The van der Waals surface area contributed by atoms with Crippen LogP contribution >= 0.6 is 22.9 Å². The van der Waals surface area contributed by atoms with Crippen LogP contribution in [0.1, 0.15) is 16.7 Å². The van der Waals surface area contributed by atoms with E-state index in [0.29, 0.717) is 10.7 Å². The molecule has 3 aromatic rings. The van der Waals surface area contributed by atoms with Crippen molar-refractivity contribution in [3.8, 4) is 11.3 Å². The Morgan fingerprint density at radius 1 is 1.23 bits per heavy atom. The number of hydrogen-bond donors (Lipinski definition) is 1. The van der Waals surface area contributed by atoms with Gasteiger partial charge in [-0.25, -0.2) is 4.98 Å². The third kappa shape index (κ3) is 4.07. The third-order valence-electron chi connectivity index (χ3n) is 3.85. The molecule has 8 heteroatoms. The number of nitrogens with one attached hydrogen (secondary N) is 1. The highest BCUT2D eigenvalue weighted by atomic mass is 35.5. The molecule has 26 heavy (non-hydrogen) atoms. The monoisotopic (exact) mass is 386 g/mol. The minimum Gasteiger partial charge on any atom is -0.258 e. The number of hydrazone groups is 1. The summed E-state index contributed by atoms with van der Waals surface area (Å²) in [7, 11) is 0. The highest BCUT2D eigenvalue weighted by molar-refractivity contribution is 7.14. The fourth-order valence-electron chi connectivity index (χ4n) is 2.27. The van der Waals surface area contributed by atoms with Gasteiger partial charge in [-0.3, -0.25) is 15.5 Å². The summed E-state index contributed by atoms with van der Waals surface area (Å²) in [6.07, 6.45) is 1.49. The number of nitro benzene ring substituents is 1. The first-order valence-corrected chi connectivity index (χ1v) is 8.96. The van der Waals surface area contributed by atoms with Gasteiger partial charge in [-0.15, -0.1) is 11.3 Å². The summed E-state index contributed by atoms with van der Waals surface area (Å²) in [6.45, 7) is 4.14. The topological polar surface area (TPSA) is 80.4 Å². The third-order valence-corrected chi connectivity index (χ3v) is 4.91. The standard InChI is InChI=1S/C18H15ClN4O2S/c1-11-3-5-14(7-12(11)2)16-10-26-18(21-16)22-20-9-13-4-6-15(19)17(8-13)23(24)25/h3-10H,1-2H3,(H,21,22)/b20-9-. The van der Waals surface area contributed by atoms with Crippen LogP contribution in [0.2, 0.25) is 5.02 Å². The molecule has 0 spiro atoms. The maximum absolute atomic E-state index is 10.9. The number of rotatable bonds is 5. The van der Waals surface area contributed by atoms with Crippen molar-refractivity contribution in [2.75, 3.05) is 5.43 Å². The van der Waals surface area contributed by atoms with Crippen molar-refractivity contribution in [2.24, 2.45) is 5.10 Å². The lowest BCUT2D eigenvalue weighted by Crippen LogP contribution is -1.93. The molecule has 2 aromatic carbocycles. The van der Waals surface area contributed by atoms with Crippen molar-refractivity contribution in [1.82, 2.24) is 4.98 Å². The maximum Gasteiger partial charge on any atom is 0.288 e. The molecule has 0 saturated carbocycles. The van der Waals surface area contributed by atoms with Gasteiger partial charge in [0.25, 0.3) is 5.69 Å². The van der Waals surface area contributed by atoms with Crippen LogP contribution in [0.5, 0.6) is 0 Å². The zero-order valence-electron chi connectivity index (χ0n) is 14.1. The Labute approximate surface area is 159 Å². The fourth-order valence-corrected chi connectivity index (χ4v) is 3.13. The fraction of sp³-hybridized carbons (Fsp3) is 0.111. The molecule has 1 N–H and O–H groups in total. The van der Waals surface area contributed by atoms with E-state index in [4.69, 9.17) is 11.6 Å². The summed E-state index contributed by atoms with van der Waals surface area (Å²) < 4.78 is 0. The summed E-state index contributed by atoms with van der Waals surface area (Å²) in [5.41, 5.74) is 7.64. The van der Waals surface area contributed by atoms with Crippen LogP contribution in [0.25, 0.3) is 11.3 Å². The molecule has 132 valence electrons. The number of aryl methyl sites for hydroxylation is 2. The first-order chi connectivity index (χ1) is 12.4. The lowest BCUT2D eigenvalue weighted by Gasteiger charge is -2.02. The van der Waals surface area contributed by atoms with E-state index < -0.39 is 4.92 Å². The largest absolute Gasteiger partial charge is 0.288 e. The highest BCUT2D eigenvalue weighted by Gasteiger charge is 2.12. The first-order valence-electron chi connectivity index (χ1n) is 7.70. The van der Waals surface area contributed by atoms with E-state index in [9.17, 15) is 10.1 Å². The van der Waals surface area contributed by atoms with Crippen molar-refractivity contribution >= 4 is 40.0 Å². The molecule has 0 amide bonds. The lowest BCUT2D eigenvalue weighted by atomic mass is 10.1. The SMILES string of the molecule is Cc1ccc(-c2csc(N/N=C\c3ccc(Cl)c([N+](=O)[O-])c3)n2)cc1C. The Hall–Kier alpha value is -2.77. The number of anilines is 1. The van der Waals surface area contributed by atoms with Crippen molar-refractivity contribution in [3.63, 3.8) is 0 Å². The van der Waals surface area contributed by atoms with E-state index in [-0.39, 0.29) is 10.7 Å². The van der Waals surface area contributed by atoms with Crippen LogP contribution in [0.4, 0.5) is 10.8 Å². The molecule has 0 fully saturated rings. The molecule has 0 saturated heterocycles. The molecule has 3 rings (SSSR count). The van der Waals surface area contributed by atoms with Gasteiger partial charge in [0.2, 0.25) is 5.13 Å². The van der Waals surface area contributed by atoms with Crippen molar-refractivity contribution < 1.29 is 4.92 Å². The smallest absolute Gasteiger partial charge is 0.258 e. The van der Waals surface area contributed by atoms with Crippen LogP contribution in [0, 0.1) is 24.0 Å². The summed E-state index contributed by atoms with van der Waals surface area (Å²) in [6, 6.07) is 10.7. The number of nitro groups is 1. The molecule has 0 radical (unpaired) electrons. The Kier molecular flexibility index (Phi) is 5.29. The Bertz CT molecular complexity index is 1000. The molecule has 0 aliphatic rings. The molecule has 0 bridgehead atoms. The zero-order chi connectivity index (χ0) is 18.7. The molecule has 1 heterocycles. The number of hydrogen-bond acceptors (Lipinski definition) is 6. The molecule has 1 aromatic heterocycles. The molecule has 0 aliphatic heterocycles. The van der Waals surface area contributed by atoms with Gasteiger partial charge in [-0.1, -0.05) is 29.8 Å². The number of nitrogens with zero attached hydrogens (tertiary/aromatic N) is 3. The van der Waals surface area contributed by atoms with Crippen molar-refractivity contribution in [1.29, 1.82) is 0 Å². The molecule has 0 aliphatic carbocycles. The first kappa shape index (κ1) is 18.0. The van der Waals surface area contributed by atoms with Crippen molar-refractivity contribution in [3.05, 3.63) is 73.6 Å². The van der Waals surface area contributed by atoms with E-state index in [1.54, 1.807) is 6.07 Å². The minimum atomic E-state index is -0.524. The number of aromatic nitrogens is 1. The van der Waals surface area contributed by atoms with E-state index >= 15 is 0 Å². The van der Waals surface area contributed by atoms with Gasteiger partial charge >= 0.3 is 0 Å². The Morgan fingerprint density at radius 3 is 2.77 bits per heavy atom. The molecule has 6 nitrogen and oxygen atoms in total. The van der Waals surface area contributed by atoms with Crippen LogP contribution in [0.15, 0.2) is 46.9 Å². The number of halogens is 1. The number of thiazole rings is 1. The van der Waals surface area contributed by atoms with Gasteiger partial charge in [-0.05, 0) is 37.1 Å². The van der Waals surface area contributed by atoms with Crippen LogP contribution in [0.3, 0.4) is 0 Å². The van der Waals surface area contributed by atoms with E-state index in [1.165, 1.54) is 40.8 Å². The van der Waals surface area contributed by atoms with E-state index in [1.807, 2.05) is 11.4 Å². The van der Waals surface area contributed by atoms with E-state index in [2.05, 4.69) is 41.5 Å². The number of benzene rings is 2. The van der Waals surface area contributed by atoms with Gasteiger partial charge in [0.1, 0.15) is 5.02 Å². The summed E-state index contributed by atoms with van der Waals surface area (Å²) >= 11 is 7.23. The average molecular weight is 387 g/mol. The second-order valence-corrected chi connectivity index (χ2v) is 6.94. The summed E-state index contributed by atoms with van der Waals surface area (Å²) in [4.78, 5) is 14.9.